The number of carbonyl (C=O) groups is 1. The highest BCUT2D eigenvalue weighted by Gasteiger charge is 2.42. The summed E-state index contributed by atoms with van der Waals surface area (Å²) in [6, 6.07) is -0.372. The van der Waals surface area contributed by atoms with Crippen molar-refractivity contribution in [1.82, 2.24) is 15.2 Å². The molecule has 3 aliphatic rings. The molecule has 0 radical (unpaired) electrons. The first-order chi connectivity index (χ1) is 10.3. The second-order valence-corrected chi connectivity index (χ2v) is 6.85. The van der Waals surface area contributed by atoms with Gasteiger partial charge in [-0.15, -0.1) is 0 Å². The molecule has 1 aromatic heterocycles. The molecule has 2 aliphatic carbocycles. The van der Waals surface area contributed by atoms with Crippen molar-refractivity contribution in [3.63, 3.8) is 0 Å². The van der Waals surface area contributed by atoms with Crippen molar-refractivity contribution in [2.24, 2.45) is 17.8 Å². The zero-order valence-corrected chi connectivity index (χ0v) is 12.5. The summed E-state index contributed by atoms with van der Waals surface area (Å²) in [5.74, 6) is 3.35. The van der Waals surface area contributed by atoms with E-state index in [-0.39, 0.29) is 11.9 Å². The Hall–Kier alpha value is -1.36. The molecule has 21 heavy (non-hydrogen) atoms. The number of fused-ring (bicyclic) bond motifs is 3. The molecule has 0 spiro atoms. The summed E-state index contributed by atoms with van der Waals surface area (Å²) >= 11 is 0. The van der Waals surface area contributed by atoms with Gasteiger partial charge in [-0.25, -0.2) is 4.98 Å². The third kappa shape index (κ3) is 2.18. The smallest absolute Gasteiger partial charge is 0.247 e. The number of hydrogen-bond donors (Lipinski definition) is 1. The lowest BCUT2D eigenvalue weighted by Crippen LogP contribution is -2.42. The van der Waals surface area contributed by atoms with Gasteiger partial charge in [0, 0.05) is 19.5 Å². The number of aromatic nitrogens is 1. The normalized spacial score (nSPS) is 35.1. The number of likely N-dealkylation sites (N-methyl/N-ethyl adjacent to an activating group) is 1. The first-order valence-electron chi connectivity index (χ1n) is 8.14. The number of amides is 1. The molecular weight excluding hydrogens is 266 g/mol. The van der Waals surface area contributed by atoms with Crippen molar-refractivity contribution < 1.29 is 9.21 Å². The van der Waals surface area contributed by atoms with Crippen molar-refractivity contribution >= 4 is 5.91 Å². The summed E-state index contributed by atoms with van der Waals surface area (Å²) in [6.07, 6.45) is 7.75. The zero-order valence-electron chi connectivity index (χ0n) is 12.5. The van der Waals surface area contributed by atoms with Gasteiger partial charge < -0.3 is 14.6 Å². The average molecular weight is 289 g/mol. The molecule has 2 fully saturated rings. The van der Waals surface area contributed by atoms with E-state index in [9.17, 15) is 4.79 Å². The second kappa shape index (κ2) is 5.13. The lowest BCUT2D eigenvalue weighted by atomic mass is 9.88. The van der Waals surface area contributed by atoms with E-state index in [0.717, 1.165) is 37.0 Å². The zero-order chi connectivity index (χ0) is 14.4. The van der Waals surface area contributed by atoms with Crippen LogP contribution in [0.1, 0.15) is 43.2 Å². The molecule has 4 atom stereocenters. The molecule has 0 aromatic carbocycles. The first-order valence-corrected chi connectivity index (χ1v) is 8.14. The molecule has 2 saturated carbocycles. The molecule has 1 amide bonds. The lowest BCUT2D eigenvalue weighted by molar-refractivity contribution is -0.134. The van der Waals surface area contributed by atoms with Gasteiger partial charge in [-0.3, -0.25) is 4.79 Å². The fraction of sp³-hybridized carbons (Fsp3) is 0.750. The van der Waals surface area contributed by atoms with E-state index in [0.29, 0.717) is 11.7 Å². The van der Waals surface area contributed by atoms with Crippen LogP contribution in [0.5, 0.6) is 0 Å². The lowest BCUT2D eigenvalue weighted by Gasteiger charge is -2.30. The minimum absolute atomic E-state index is 0.149. The predicted octanol–water partition coefficient (Wildman–Crippen LogP) is 1.76. The summed E-state index contributed by atoms with van der Waals surface area (Å²) in [5.41, 5.74) is 0.929. The maximum absolute atomic E-state index is 12.8. The molecule has 114 valence electrons. The van der Waals surface area contributed by atoms with Crippen LogP contribution in [0.2, 0.25) is 0 Å². The first kappa shape index (κ1) is 13.3. The summed E-state index contributed by atoms with van der Waals surface area (Å²) in [5, 5.41) is 3.10. The largest absolute Gasteiger partial charge is 0.446 e. The molecule has 1 aromatic rings. The van der Waals surface area contributed by atoms with Crippen molar-refractivity contribution in [3.05, 3.63) is 17.8 Å². The summed E-state index contributed by atoms with van der Waals surface area (Å²) in [4.78, 5) is 19.1. The van der Waals surface area contributed by atoms with Gasteiger partial charge in [0.15, 0.2) is 12.2 Å². The van der Waals surface area contributed by atoms with Gasteiger partial charge in [-0.2, -0.15) is 0 Å². The van der Waals surface area contributed by atoms with Crippen molar-refractivity contribution in [2.75, 3.05) is 20.1 Å². The van der Waals surface area contributed by atoms with Crippen LogP contribution in [0.25, 0.3) is 0 Å². The third-order valence-corrected chi connectivity index (χ3v) is 5.74. The molecule has 0 saturated heterocycles. The number of hydrogen-bond acceptors (Lipinski definition) is 4. The Balaban J connectivity index is 1.51. The molecule has 4 rings (SSSR count). The van der Waals surface area contributed by atoms with Gasteiger partial charge in [-0.05, 0) is 44.1 Å². The minimum atomic E-state index is -0.372. The van der Waals surface area contributed by atoms with Gasteiger partial charge in [0.2, 0.25) is 5.91 Å². The Labute approximate surface area is 125 Å². The van der Waals surface area contributed by atoms with E-state index < -0.39 is 0 Å². The van der Waals surface area contributed by atoms with E-state index in [1.165, 1.54) is 32.1 Å². The Bertz CT molecular complexity index is 541. The van der Waals surface area contributed by atoms with Crippen molar-refractivity contribution in [2.45, 2.75) is 38.1 Å². The number of rotatable bonds is 3. The van der Waals surface area contributed by atoms with Crippen LogP contribution in [-0.4, -0.2) is 35.9 Å². The highest BCUT2D eigenvalue weighted by Crippen LogP contribution is 2.48. The fourth-order valence-electron chi connectivity index (χ4n) is 4.67. The topological polar surface area (TPSA) is 58.4 Å². The van der Waals surface area contributed by atoms with Crippen LogP contribution in [0.15, 0.2) is 10.8 Å². The van der Waals surface area contributed by atoms with E-state index in [4.69, 9.17) is 4.42 Å². The Kier molecular flexibility index (Phi) is 3.25. The van der Waals surface area contributed by atoms with Crippen LogP contribution >= 0.6 is 0 Å². The Morgan fingerprint density at radius 2 is 2.33 bits per heavy atom. The second-order valence-electron chi connectivity index (χ2n) is 6.85. The summed E-state index contributed by atoms with van der Waals surface area (Å²) in [7, 11) is 1.82. The maximum Gasteiger partial charge on any atom is 0.247 e. The monoisotopic (exact) mass is 289 g/mol. The fourth-order valence-corrected chi connectivity index (χ4v) is 4.67. The number of oxazole rings is 1. The molecule has 5 nitrogen and oxygen atoms in total. The summed E-state index contributed by atoms with van der Waals surface area (Å²) in [6.45, 7) is 1.69. The van der Waals surface area contributed by atoms with Gasteiger partial charge in [0.25, 0.3) is 0 Å². The Morgan fingerprint density at radius 3 is 3.05 bits per heavy atom. The van der Waals surface area contributed by atoms with Crippen LogP contribution in [0.4, 0.5) is 0 Å². The van der Waals surface area contributed by atoms with E-state index >= 15 is 0 Å². The minimum Gasteiger partial charge on any atom is -0.446 e. The summed E-state index contributed by atoms with van der Waals surface area (Å²) < 4.78 is 5.46. The predicted molar refractivity (Wildman–Crippen MR) is 77.5 cm³/mol. The maximum atomic E-state index is 12.8. The Morgan fingerprint density at radius 1 is 1.43 bits per heavy atom. The van der Waals surface area contributed by atoms with Crippen LogP contribution < -0.4 is 5.32 Å². The quantitative estimate of drug-likeness (QED) is 0.921. The van der Waals surface area contributed by atoms with E-state index in [1.54, 1.807) is 0 Å². The van der Waals surface area contributed by atoms with Gasteiger partial charge in [0.1, 0.15) is 6.04 Å². The molecule has 4 unspecified atom stereocenters. The SMILES string of the molecule is CNC1C(=O)N(CC2CC3CCC2C3)CCc2ncoc21. The molecule has 1 aliphatic heterocycles. The number of nitrogens with one attached hydrogen (secondary N) is 1. The molecule has 2 heterocycles. The van der Waals surface area contributed by atoms with Crippen molar-refractivity contribution in [1.29, 1.82) is 0 Å². The van der Waals surface area contributed by atoms with Crippen LogP contribution in [0.3, 0.4) is 0 Å². The van der Waals surface area contributed by atoms with Gasteiger partial charge >= 0.3 is 0 Å². The van der Waals surface area contributed by atoms with Crippen molar-refractivity contribution in [3.8, 4) is 0 Å². The number of carbonyl (C=O) groups excluding carboxylic acids is 1. The standard InChI is InChI=1S/C16H23N3O2/c1-17-14-15-13(18-9-21-15)4-5-19(16(14)20)8-12-7-10-2-3-11(12)6-10/h9-12,14,17H,2-8H2,1H3. The van der Waals surface area contributed by atoms with Gasteiger partial charge in [0.05, 0.1) is 5.69 Å². The highest BCUT2D eigenvalue weighted by atomic mass is 16.3. The molecule has 1 N–H and O–H groups in total. The number of nitrogens with zero attached hydrogens (tertiary/aromatic N) is 2. The molecular formula is C16H23N3O2. The van der Waals surface area contributed by atoms with E-state index in [2.05, 4.69) is 10.3 Å². The van der Waals surface area contributed by atoms with Crippen LogP contribution in [-0.2, 0) is 11.2 Å². The molecule has 5 heteroatoms. The van der Waals surface area contributed by atoms with Gasteiger partial charge in [-0.1, -0.05) is 6.42 Å². The van der Waals surface area contributed by atoms with E-state index in [1.807, 2.05) is 11.9 Å². The average Bonchev–Trinajstić information content (AvgIpc) is 3.19. The molecule has 2 bridgehead atoms. The highest BCUT2D eigenvalue weighted by molar-refractivity contribution is 5.83. The van der Waals surface area contributed by atoms with Crippen LogP contribution in [0, 0.1) is 17.8 Å². The third-order valence-electron chi connectivity index (χ3n) is 5.74.